The molecule has 0 aromatic heterocycles. The Balaban J connectivity index is 2.85. The fourth-order valence-corrected chi connectivity index (χ4v) is 1.39. The average Bonchev–Trinajstić information content (AvgIpc) is 2.05. The highest BCUT2D eigenvalue weighted by Gasteiger charge is 1.97. The van der Waals surface area contributed by atoms with Gasteiger partial charge in [-0.2, -0.15) is 0 Å². The second-order valence-corrected chi connectivity index (χ2v) is 3.42. The van der Waals surface area contributed by atoms with Gasteiger partial charge in [-0.3, -0.25) is 4.57 Å². The smallest absolute Gasteiger partial charge is 0.220 e. The van der Waals surface area contributed by atoms with Crippen LogP contribution in [0.2, 0.25) is 0 Å². The van der Waals surface area contributed by atoms with Crippen LogP contribution in [0.25, 0.3) is 0 Å². The van der Waals surface area contributed by atoms with E-state index < -0.39 is 8.03 Å². The van der Waals surface area contributed by atoms with Crippen molar-refractivity contribution in [1.29, 1.82) is 0 Å². The Bertz CT molecular complexity index is 220. The molecule has 3 heteroatoms. The van der Waals surface area contributed by atoms with Crippen molar-refractivity contribution in [2.75, 3.05) is 7.11 Å². The molecule has 0 bridgehead atoms. The van der Waals surface area contributed by atoms with Crippen molar-refractivity contribution in [3.05, 3.63) is 30.3 Å². The van der Waals surface area contributed by atoms with E-state index in [1.54, 1.807) is 12.1 Å². The Hall–Kier alpha value is -0.590. The minimum Gasteiger partial charge on any atom is -0.331 e. The van der Waals surface area contributed by atoms with Crippen LogP contribution in [0.1, 0.15) is 0 Å². The molecule has 1 aromatic rings. The predicted octanol–water partition coefficient (Wildman–Crippen LogP) is 1.43. The van der Waals surface area contributed by atoms with Crippen molar-refractivity contribution < 1.29 is 9.09 Å². The van der Waals surface area contributed by atoms with E-state index in [1.807, 2.05) is 18.2 Å². The molecule has 54 valence electrons. The molecule has 0 N–H and O–H groups in total. The van der Waals surface area contributed by atoms with Crippen molar-refractivity contribution in [3.8, 4) is 0 Å². The van der Waals surface area contributed by atoms with Crippen molar-refractivity contribution in [1.82, 2.24) is 0 Å². The van der Waals surface area contributed by atoms with Crippen LogP contribution in [-0.4, -0.2) is 7.11 Å². The second-order valence-electron chi connectivity index (χ2n) is 1.86. The van der Waals surface area contributed by atoms with E-state index in [2.05, 4.69) is 4.52 Å². The van der Waals surface area contributed by atoms with Crippen LogP contribution in [0.4, 0.5) is 0 Å². The van der Waals surface area contributed by atoms with Crippen molar-refractivity contribution >= 4 is 13.3 Å². The second kappa shape index (κ2) is 3.55. The summed E-state index contributed by atoms with van der Waals surface area (Å²) < 4.78 is 15.7. The fraction of sp³-hybridized carbons (Fsp3) is 0.143. The van der Waals surface area contributed by atoms with E-state index in [1.165, 1.54) is 7.11 Å². The highest BCUT2D eigenvalue weighted by atomic mass is 31.1. The summed E-state index contributed by atoms with van der Waals surface area (Å²) in [7, 11) is -0.504. The molecule has 0 fully saturated rings. The Morgan fingerprint density at radius 1 is 1.30 bits per heavy atom. The first kappa shape index (κ1) is 7.52. The zero-order chi connectivity index (χ0) is 7.40. The van der Waals surface area contributed by atoms with E-state index in [0.717, 1.165) is 5.30 Å². The van der Waals surface area contributed by atoms with E-state index >= 15 is 0 Å². The standard InChI is InChI=1S/C7H9O2P/c1-9-10(8)7-5-3-2-4-6-7/h2-6,10H,1H3. The third-order valence-electron chi connectivity index (χ3n) is 1.19. The summed E-state index contributed by atoms with van der Waals surface area (Å²) in [4.78, 5) is 0. The molecule has 0 spiro atoms. The molecule has 1 atom stereocenters. The van der Waals surface area contributed by atoms with Gasteiger partial charge in [0.05, 0.1) is 0 Å². The van der Waals surface area contributed by atoms with E-state index in [4.69, 9.17) is 0 Å². The SMILES string of the molecule is CO[PH](=O)c1ccccc1. The van der Waals surface area contributed by atoms with E-state index in [0.29, 0.717) is 0 Å². The van der Waals surface area contributed by atoms with Crippen LogP contribution in [-0.2, 0) is 9.09 Å². The maximum absolute atomic E-state index is 11.0. The summed E-state index contributed by atoms with van der Waals surface area (Å²) in [5.41, 5.74) is 0. The van der Waals surface area contributed by atoms with Crippen molar-refractivity contribution in [2.24, 2.45) is 0 Å². The van der Waals surface area contributed by atoms with Crippen LogP contribution < -0.4 is 5.30 Å². The number of benzene rings is 1. The van der Waals surface area contributed by atoms with Gasteiger partial charge in [0.15, 0.2) is 0 Å². The summed E-state index contributed by atoms with van der Waals surface area (Å²) >= 11 is 0. The summed E-state index contributed by atoms with van der Waals surface area (Å²) in [6.45, 7) is 0. The van der Waals surface area contributed by atoms with E-state index in [-0.39, 0.29) is 0 Å². The summed E-state index contributed by atoms with van der Waals surface area (Å²) in [5.74, 6) is 0. The lowest BCUT2D eigenvalue weighted by atomic mass is 10.4. The van der Waals surface area contributed by atoms with Gasteiger partial charge in [0.25, 0.3) is 0 Å². The Morgan fingerprint density at radius 3 is 2.40 bits per heavy atom. The molecule has 0 saturated heterocycles. The van der Waals surface area contributed by atoms with Gasteiger partial charge in [-0.25, -0.2) is 0 Å². The molecule has 10 heavy (non-hydrogen) atoms. The Kier molecular flexibility index (Phi) is 2.67. The molecule has 0 heterocycles. The normalized spacial score (nSPS) is 12.9. The number of rotatable bonds is 2. The zero-order valence-electron chi connectivity index (χ0n) is 5.70. The quantitative estimate of drug-likeness (QED) is 0.605. The molecule has 1 unspecified atom stereocenters. The van der Waals surface area contributed by atoms with Crippen LogP contribution in [0, 0.1) is 0 Å². The minimum absolute atomic E-state index is 0.773. The van der Waals surface area contributed by atoms with Crippen molar-refractivity contribution in [3.63, 3.8) is 0 Å². The zero-order valence-corrected chi connectivity index (χ0v) is 6.70. The fourth-order valence-electron chi connectivity index (χ4n) is 0.692. The highest BCUT2D eigenvalue weighted by molar-refractivity contribution is 7.48. The van der Waals surface area contributed by atoms with Crippen LogP contribution in [0.15, 0.2) is 30.3 Å². The molecular weight excluding hydrogens is 147 g/mol. The molecule has 0 radical (unpaired) electrons. The largest absolute Gasteiger partial charge is 0.331 e. The Labute approximate surface area is 60.7 Å². The van der Waals surface area contributed by atoms with Gasteiger partial charge in [0.2, 0.25) is 8.03 Å². The lowest BCUT2D eigenvalue weighted by molar-refractivity contribution is 0.423. The van der Waals surface area contributed by atoms with Crippen LogP contribution in [0.3, 0.4) is 0 Å². The first-order valence-electron chi connectivity index (χ1n) is 2.98. The van der Waals surface area contributed by atoms with Gasteiger partial charge >= 0.3 is 0 Å². The van der Waals surface area contributed by atoms with Gasteiger partial charge in [-0.05, 0) is 12.1 Å². The van der Waals surface area contributed by atoms with Gasteiger partial charge in [-0.15, -0.1) is 0 Å². The third kappa shape index (κ3) is 1.69. The molecule has 1 aromatic carbocycles. The third-order valence-corrected chi connectivity index (χ3v) is 2.37. The number of hydrogen-bond acceptors (Lipinski definition) is 2. The monoisotopic (exact) mass is 156 g/mol. The maximum Gasteiger partial charge on any atom is 0.220 e. The van der Waals surface area contributed by atoms with Gasteiger partial charge in [0.1, 0.15) is 0 Å². The molecule has 0 aliphatic heterocycles. The molecule has 0 aliphatic carbocycles. The van der Waals surface area contributed by atoms with E-state index in [9.17, 15) is 4.57 Å². The van der Waals surface area contributed by atoms with Gasteiger partial charge in [0, 0.05) is 12.4 Å². The van der Waals surface area contributed by atoms with Gasteiger partial charge in [-0.1, -0.05) is 18.2 Å². The topological polar surface area (TPSA) is 26.3 Å². The van der Waals surface area contributed by atoms with Crippen LogP contribution >= 0.6 is 8.03 Å². The average molecular weight is 156 g/mol. The van der Waals surface area contributed by atoms with Crippen molar-refractivity contribution in [2.45, 2.75) is 0 Å². The lowest BCUT2D eigenvalue weighted by Crippen LogP contribution is -1.93. The molecule has 0 amide bonds. The van der Waals surface area contributed by atoms with Gasteiger partial charge < -0.3 is 4.52 Å². The maximum atomic E-state index is 11.0. The molecule has 1 rings (SSSR count). The summed E-state index contributed by atoms with van der Waals surface area (Å²) in [6, 6.07) is 9.16. The number of hydrogen-bond donors (Lipinski definition) is 0. The molecule has 0 saturated carbocycles. The summed E-state index contributed by atoms with van der Waals surface area (Å²) in [5, 5.41) is 0.773. The molecule has 0 aliphatic rings. The first-order chi connectivity index (χ1) is 4.84. The summed E-state index contributed by atoms with van der Waals surface area (Å²) in [6.07, 6.45) is 0. The molecule has 2 nitrogen and oxygen atoms in total. The minimum atomic E-state index is -1.96. The Morgan fingerprint density at radius 2 is 1.90 bits per heavy atom. The lowest BCUT2D eigenvalue weighted by Gasteiger charge is -1.96. The first-order valence-corrected chi connectivity index (χ1v) is 4.29. The predicted molar refractivity (Wildman–Crippen MR) is 42.1 cm³/mol. The molecular formula is C7H9O2P. The highest BCUT2D eigenvalue weighted by Crippen LogP contribution is 2.18. The van der Waals surface area contributed by atoms with Crippen LogP contribution in [0.5, 0.6) is 0 Å².